The van der Waals surface area contributed by atoms with Gasteiger partial charge in [-0.25, -0.2) is 4.79 Å². The first kappa shape index (κ1) is 31.8. The quantitative estimate of drug-likeness (QED) is 0.102. The van der Waals surface area contributed by atoms with Crippen molar-refractivity contribution in [1.29, 1.82) is 0 Å². The fraction of sp³-hybridized carbons (Fsp3) is 0.237. The molecule has 3 amide bonds. The van der Waals surface area contributed by atoms with Crippen LogP contribution in [0.4, 0.5) is 5.69 Å². The standard InChI is InChI=1S/C38H30Cl2N2O6/c1-21(2)32(33(44)41-24-18-16-23(17-19-24)36(47)48-20-29(43)22-10-4-3-5-11-22)42-34(45)30-31(35(42)46)38(40)26-13-7-6-12-25(26)37(30,39)27-14-8-9-15-28(27)38/h3-19,21,30-32H,20H2,1-2H3,(H,41,44)/t30-,31-,32+,37?,38?/m1/s1. The molecular weight excluding hydrogens is 651 g/mol. The maximum Gasteiger partial charge on any atom is 0.338 e. The van der Waals surface area contributed by atoms with E-state index in [2.05, 4.69) is 5.32 Å². The molecule has 4 aromatic rings. The number of carbonyl (C=O) groups excluding carboxylic acids is 5. The Hall–Kier alpha value is -4.79. The van der Waals surface area contributed by atoms with Crippen LogP contribution in [0.2, 0.25) is 0 Å². The topological polar surface area (TPSA) is 110 Å². The van der Waals surface area contributed by atoms with E-state index in [0.29, 0.717) is 33.5 Å². The number of benzene rings is 4. The molecule has 1 saturated heterocycles. The Kier molecular flexibility index (Phi) is 7.76. The number of carbonyl (C=O) groups is 5. The zero-order valence-electron chi connectivity index (χ0n) is 26.0. The number of amides is 3. The second kappa shape index (κ2) is 11.7. The van der Waals surface area contributed by atoms with Gasteiger partial charge in [0.25, 0.3) is 0 Å². The Bertz CT molecular complexity index is 1870. The second-order valence-electron chi connectivity index (χ2n) is 12.6. The van der Waals surface area contributed by atoms with Crippen LogP contribution in [-0.2, 0) is 28.9 Å². The lowest BCUT2D eigenvalue weighted by Crippen LogP contribution is -2.57. The number of Topliss-reactive ketones (excluding diaryl/α,β-unsaturated/α-hetero) is 1. The highest BCUT2D eigenvalue weighted by Crippen LogP contribution is 2.69. The van der Waals surface area contributed by atoms with Crippen LogP contribution in [0, 0.1) is 17.8 Å². The number of hydrogen-bond acceptors (Lipinski definition) is 6. The highest BCUT2D eigenvalue weighted by molar-refractivity contribution is 6.36. The van der Waals surface area contributed by atoms with Gasteiger partial charge in [0.1, 0.15) is 15.8 Å². The van der Waals surface area contributed by atoms with E-state index in [1.54, 1.807) is 44.2 Å². The van der Waals surface area contributed by atoms with Gasteiger partial charge >= 0.3 is 5.97 Å². The van der Waals surface area contributed by atoms with Crippen LogP contribution in [0.1, 0.15) is 56.8 Å². The van der Waals surface area contributed by atoms with Gasteiger partial charge in [0.2, 0.25) is 17.7 Å². The lowest BCUT2D eigenvalue weighted by atomic mass is 9.54. The van der Waals surface area contributed by atoms with Crippen LogP contribution in [0.3, 0.4) is 0 Å². The minimum absolute atomic E-state index is 0.178. The molecule has 0 unspecified atom stereocenters. The summed E-state index contributed by atoms with van der Waals surface area (Å²) in [5, 5.41) is 2.79. The molecule has 10 heteroatoms. The summed E-state index contributed by atoms with van der Waals surface area (Å²) in [4.78, 5) is 66.0. The summed E-state index contributed by atoms with van der Waals surface area (Å²) in [5.74, 6) is -5.23. The van der Waals surface area contributed by atoms with Crippen LogP contribution in [0.5, 0.6) is 0 Å². The number of nitrogens with zero attached hydrogens (tertiary/aromatic N) is 1. The molecule has 2 bridgehead atoms. The first-order chi connectivity index (χ1) is 23.0. The van der Waals surface area contributed by atoms with Gasteiger partial charge < -0.3 is 10.1 Å². The number of esters is 1. The predicted octanol–water partition coefficient (Wildman–Crippen LogP) is 6.28. The van der Waals surface area contributed by atoms with Crippen LogP contribution < -0.4 is 5.32 Å². The first-order valence-electron chi connectivity index (χ1n) is 15.6. The number of rotatable bonds is 8. The van der Waals surface area contributed by atoms with Crippen molar-refractivity contribution >= 4 is 58.4 Å². The molecule has 0 spiro atoms. The van der Waals surface area contributed by atoms with Gasteiger partial charge in [-0.1, -0.05) is 92.7 Å². The van der Waals surface area contributed by atoms with E-state index in [-0.39, 0.29) is 11.3 Å². The van der Waals surface area contributed by atoms with Crippen LogP contribution in [-0.4, -0.2) is 47.0 Å². The number of anilines is 1. The maximum absolute atomic E-state index is 14.4. The molecule has 1 aliphatic heterocycles. The molecule has 8 rings (SSSR count). The fourth-order valence-electron chi connectivity index (χ4n) is 7.51. The average molecular weight is 682 g/mol. The third-order valence-electron chi connectivity index (χ3n) is 9.62. The molecule has 3 atom stereocenters. The average Bonchev–Trinajstić information content (AvgIpc) is 3.37. The van der Waals surface area contributed by atoms with Gasteiger partial charge in [-0.3, -0.25) is 24.1 Å². The minimum Gasteiger partial charge on any atom is -0.454 e. The zero-order valence-corrected chi connectivity index (χ0v) is 27.5. The largest absolute Gasteiger partial charge is 0.454 e. The molecule has 48 heavy (non-hydrogen) atoms. The summed E-state index contributed by atoms with van der Waals surface area (Å²) >= 11 is 15.1. The molecule has 8 nitrogen and oxygen atoms in total. The number of alkyl halides is 2. The maximum atomic E-state index is 14.4. The molecule has 242 valence electrons. The van der Waals surface area contributed by atoms with Gasteiger partial charge in [-0.05, 0) is 52.4 Å². The number of ketones is 1. The summed E-state index contributed by atoms with van der Waals surface area (Å²) < 4.78 is 5.18. The van der Waals surface area contributed by atoms with E-state index in [0.717, 1.165) is 4.90 Å². The molecule has 0 aromatic heterocycles. The van der Waals surface area contributed by atoms with Gasteiger partial charge in [0, 0.05) is 11.3 Å². The predicted molar refractivity (Wildman–Crippen MR) is 180 cm³/mol. The Morgan fingerprint density at radius 1 is 0.708 bits per heavy atom. The normalized spacial score (nSPS) is 24.1. The highest BCUT2D eigenvalue weighted by Gasteiger charge is 2.73. The summed E-state index contributed by atoms with van der Waals surface area (Å²) in [7, 11) is 0. The molecule has 0 saturated carbocycles. The molecule has 1 heterocycles. The van der Waals surface area contributed by atoms with Crippen molar-refractivity contribution in [1.82, 2.24) is 4.90 Å². The van der Waals surface area contributed by atoms with Gasteiger partial charge in [0.05, 0.1) is 17.4 Å². The number of hydrogen-bond donors (Lipinski definition) is 1. The molecule has 1 N–H and O–H groups in total. The third-order valence-corrected chi connectivity index (χ3v) is 10.9. The van der Waals surface area contributed by atoms with Crippen molar-refractivity contribution in [2.75, 3.05) is 11.9 Å². The van der Waals surface area contributed by atoms with Crippen molar-refractivity contribution in [3.05, 3.63) is 137 Å². The van der Waals surface area contributed by atoms with Crippen LogP contribution in [0.15, 0.2) is 103 Å². The molecule has 4 aromatic carbocycles. The van der Waals surface area contributed by atoms with Gasteiger partial charge in [0.15, 0.2) is 12.4 Å². The Balaban J connectivity index is 1.13. The van der Waals surface area contributed by atoms with Crippen LogP contribution in [0.25, 0.3) is 0 Å². The summed E-state index contributed by atoms with van der Waals surface area (Å²) in [5.41, 5.74) is 3.66. The minimum atomic E-state index is -1.36. The number of halogens is 2. The van der Waals surface area contributed by atoms with E-state index < -0.39 is 63.8 Å². The van der Waals surface area contributed by atoms with Crippen LogP contribution >= 0.6 is 23.2 Å². The van der Waals surface area contributed by atoms with Crippen molar-refractivity contribution in [3.8, 4) is 0 Å². The number of nitrogens with one attached hydrogen (secondary N) is 1. The lowest BCUT2D eigenvalue weighted by Gasteiger charge is -2.54. The van der Waals surface area contributed by atoms with Crippen molar-refractivity contribution in [2.24, 2.45) is 17.8 Å². The Morgan fingerprint density at radius 2 is 1.17 bits per heavy atom. The zero-order chi connectivity index (χ0) is 34.0. The van der Waals surface area contributed by atoms with Gasteiger partial charge in [-0.15, -0.1) is 23.2 Å². The molecule has 1 fully saturated rings. The van der Waals surface area contributed by atoms with E-state index in [1.807, 2.05) is 48.5 Å². The Morgan fingerprint density at radius 3 is 1.62 bits per heavy atom. The van der Waals surface area contributed by atoms with Crippen molar-refractivity contribution < 1.29 is 28.7 Å². The van der Waals surface area contributed by atoms with E-state index >= 15 is 0 Å². The fourth-order valence-corrected chi connectivity index (χ4v) is 8.61. The number of imide groups is 1. The SMILES string of the molecule is CC(C)[C@@H](C(=O)Nc1ccc(C(=O)OCC(=O)c2ccccc2)cc1)N1C(=O)[C@H]2[C@H](C1=O)C1(Cl)c3ccccc3C2(Cl)c2ccccc21. The lowest BCUT2D eigenvalue weighted by molar-refractivity contribution is -0.148. The van der Waals surface area contributed by atoms with Gasteiger partial charge in [-0.2, -0.15) is 0 Å². The summed E-state index contributed by atoms with van der Waals surface area (Å²) in [6.45, 7) is 3.10. The Labute approximate surface area is 287 Å². The second-order valence-corrected chi connectivity index (χ2v) is 13.8. The molecule has 0 radical (unpaired) electrons. The van der Waals surface area contributed by atoms with E-state index in [9.17, 15) is 24.0 Å². The molecular formula is C38H30Cl2N2O6. The van der Waals surface area contributed by atoms with Crippen molar-refractivity contribution in [3.63, 3.8) is 0 Å². The first-order valence-corrected chi connectivity index (χ1v) is 16.4. The van der Waals surface area contributed by atoms with E-state index in [1.165, 1.54) is 24.3 Å². The molecule has 4 aliphatic rings. The monoisotopic (exact) mass is 680 g/mol. The smallest absolute Gasteiger partial charge is 0.338 e. The summed E-state index contributed by atoms with van der Waals surface area (Å²) in [6.07, 6.45) is 0. The third kappa shape index (κ3) is 4.61. The number of likely N-dealkylation sites (tertiary alicyclic amines) is 1. The summed E-state index contributed by atoms with van der Waals surface area (Å²) in [6, 6.07) is 28.0. The number of ether oxygens (including phenoxy) is 1. The highest BCUT2D eigenvalue weighted by atomic mass is 35.5. The van der Waals surface area contributed by atoms with E-state index in [4.69, 9.17) is 27.9 Å². The molecule has 3 aliphatic carbocycles. The van der Waals surface area contributed by atoms with Crippen molar-refractivity contribution in [2.45, 2.75) is 29.6 Å².